The van der Waals surface area contributed by atoms with Gasteiger partial charge in [-0.25, -0.2) is 13.1 Å². The fourth-order valence-electron chi connectivity index (χ4n) is 1.72. The van der Waals surface area contributed by atoms with Crippen molar-refractivity contribution in [2.75, 3.05) is 0 Å². The zero-order valence-corrected chi connectivity index (χ0v) is 13.0. The first-order valence-corrected chi connectivity index (χ1v) is 8.13. The van der Waals surface area contributed by atoms with Crippen LogP contribution in [0, 0.1) is 0 Å². The summed E-state index contributed by atoms with van der Waals surface area (Å²) in [5, 5.41) is 4.52. The molecule has 0 spiro atoms. The molecular weight excluding hydrogens is 321 g/mol. The maximum absolute atomic E-state index is 12.2. The Labute approximate surface area is 127 Å². The van der Waals surface area contributed by atoms with Crippen LogP contribution in [0.1, 0.15) is 12.6 Å². The van der Waals surface area contributed by atoms with Crippen LogP contribution in [0.2, 0.25) is 10.0 Å². The Balaban J connectivity index is 2.21. The molecule has 0 fully saturated rings. The third-order valence-corrected chi connectivity index (χ3v) is 4.85. The van der Waals surface area contributed by atoms with E-state index < -0.39 is 10.0 Å². The van der Waals surface area contributed by atoms with Gasteiger partial charge in [-0.15, -0.1) is 0 Å². The first-order valence-electron chi connectivity index (χ1n) is 5.89. The second-order valence-corrected chi connectivity index (χ2v) is 6.62. The second kappa shape index (κ2) is 6.13. The summed E-state index contributed by atoms with van der Waals surface area (Å²) in [6, 6.07) is 6.07. The molecule has 0 amide bonds. The van der Waals surface area contributed by atoms with E-state index in [0.717, 1.165) is 5.69 Å². The number of nitrogens with zero attached hydrogens (tertiary/aromatic N) is 2. The number of benzene rings is 1. The van der Waals surface area contributed by atoms with Gasteiger partial charge in [-0.1, -0.05) is 23.2 Å². The summed E-state index contributed by atoms with van der Waals surface area (Å²) in [5.74, 6) is 0. The monoisotopic (exact) mass is 333 g/mol. The quantitative estimate of drug-likeness (QED) is 0.914. The summed E-state index contributed by atoms with van der Waals surface area (Å²) in [4.78, 5) is -0.0331. The normalized spacial score (nSPS) is 11.8. The number of nitrogens with one attached hydrogen (secondary N) is 1. The molecule has 0 atom stereocenters. The van der Waals surface area contributed by atoms with Crippen LogP contribution < -0.4 is 4.72 Å². The van der Waals surface area contributed by atoms with Crippen molar-refractivity contribution in [1.29, 1.82) is 0 Å². The van der Waals surface area contributed by atoms with Crippen molar-refractivity contribution in [2.45, 2.75) is 24.9 Å². The van der Waals surface area contributed by atoms with E-state index in [-0.39, 0.29) is 16.5 Å². The molecule has 20 heavy (non-hydrogen) atoms. The molecule has 1 aromatic carbocycles. The highest BCUT2D eigenvalue weighted by atomic mass is 35.5. The largest absolute Gasteiger partial charge is 0.269 e. The molecule has 0 aliphatic carbocycles. The van der Waals surface area contributed by atoms with Crippen molar-refractivity contribution in [2.24, 2.45) is 0 Å². The Morgan fingerprint density at radius 1 is 1.30 bits per heavy atom. The molecule has 2 rings (SSSR count). The fraction of sp³-hybridized carbons (Fsp3) is 0.250. The standard InChI is InChI=1S/C12H13Cl2N3O2S/c1-2-17-10(5-6-15-17)8-16-20(18,19)12-7-9(13)3-4-11(12)14/h3-7,16H,2,8H2,1H3. The van der Waals surface area contributed by atoms with Crippen LogP contribution >= 0.6 is 23.2 Å². The number of sulfonamides is 1. The maximum atomic E-state index is 12.2. The van der Waals surface area contributed by atoms with E-state index in [9.17, 15) is 8.42 Å². The minimum atomic E-state index is -3.72. The van der Waals surface area contributed by atoms with E-state index in [2.05, 4.69) is 9.82 Å². The van der Waals surface area contributed by atoms with Gasteiger partial charge in [0.15, 0.2) is 0 Å². The first kappa shape index (κ1) is 15.3. The van der Waals surface area contributed by atoms with Crippen molar-refractivity contribution >= 4 is 33.2 Å². The molecule has 5 nitrogen and oxygen atoms in total. The lowest BCUT2D eigenvalue weighted by Crippen LogP contribution is -2.25. The summed E-state index contributed by atoms with van der Waals surface area (Å²) >= 11 is 11.7. The highest BCUT2D eigenvalue weighted by molar-refractivity contribution is 7.89. The number of halogens is 2. The molecule has 0 bridgehead atoms. The third kappa shape index (κ3) is 3.32. The van der Waals surface area contributed by atoms with Gasteiger partial charge in [0.2, 0.25) is 10.0 Å². The zero-order valence-electron chi connectivity index (χ0n) is 10.7. The van der Waals surface area contributed by atoms with Crippen LogP contribution in [-0.4, -0.2) is 18.2 Å². The molecule has 1 heterocycles. The van der Waals surface area contributed by atoms with E-state index in [0.29, 0.717) is 11.6 Å². The number of hydrogen-bond acceptors (Lipinski definition) is 3. The van der Waals surface area contributed by atoms with E-state index in [1.165, 1.54) is 18.2 Å². The van der Waals surface area contributed by atoms with E-state index in [1.807, 2.05) is 6.92 Å². The third-order valence-electron chi connectivity index (χ3n) is 2.73. The van der Waals surface area contributed by atoms with Crippen molar-refractivity contribution in [1.82, 2.24) is 14.5 Å². The van der Waals surface area contributed by atoms with Gasteiger partial charge in [-0.3, -0.25) is 4.68 Å². The van der Waals surface area contributed by atoms with Gasteiger partial charge in [-0.05, 0) is 31.2 Å². The highest BCUT2D eigenvalue weighted by Crippen LogP contribution is 2.24. The summed E-state index contributed by atoms with van der Waals surface area (Å²) in [6.45, 7) is 2.74. The molecule has 1 N–H and O–H groups in total. The van der Waals surface area contributed by atoms with Gasteiger partial charge in [0.05, 0.1) is 17.3 Å². The number of aryl methyl sites for hydroxylation is 1. The Kier molecular flexibility index (Phi) is 4.70. The SMILES string of the molecule is CCn1nccc1CNS(=O)(=O)c1cc(Cl)ccc1Cl. The average molecular weight is 334 g/mol. The van der Waals surface area contributed by atoms with Crippen LogP contribution in [0.4, 0.5) is 0 Å². The van der Waals surface area contributed by atoms with Crippen molar-refractivity contribution < 1.29 is 8.42 Å². The summed E-state index contributed by atoms with van der Waals surface area (Å²) in [7, 11) is -3.72. The van der Waals surface area contributed by atoms with Crippen molar-refractivity contribution in [3.05, 3.63) is 46.2 Å². The Morgan fingerprint density at radius 3 is 2.75 bits per heavy atom. The minimum absolute atomic E-state index is 0.0331. The summed E-state index contributed by atoms with van der Waals surface area (Å²) in [6.07, 6.45) is 1.62. The van der Waals surface area contributed by atoms with Crippen LogP contribution in [0.3, 0.4) is 0 Å². The van der Waals surface area contributed by atoms with E-state index >= 15 is 0 Å². The van der Waals surface area contributed by atoms with Gasteiger partial charge in [0.25, 0.3) is 0 Å². The van der Waals surface area contributed by atoms with Gasteiger partial charge in [-0.2, -0.15) is 5.10 Å². The first-order chi connectivity index (χ1) is 9.44. The lowest BCUT2D eigenvalue weighted by Gasteiger charge is -2.09. The number of aromatic nitrogens is 2. The molecule has 8 heteroatoms. The Hall–Kier alpha value is -1.08. The fourth-order valence-corrected chi connectivity index (χ4v) is 3.48. The Bertz CT molecular complexity index is 713. The van der Waals surface area contributed by atoms with Crippen LogP contribution in [-0.2, 0) is 23.1 Å². The highest BCUT2D eigenvalue weighted by Gasteiger charge is 2.18. The molecule has 1 aromatic heterocycles. The van der Waals surface area contributed by atoms with Crippen molar-refractivity contribution in [3.63, 3.8) is 0 Å². The lowest BCUT2D eigenvalue weighted by atomic mass is 10.4. The molecule has 108 valence electrons. The van der Waals surface area contributed by atoms with E-state index in [4.69, 9.17) is 23.2 Å². The second-order valence-electron chi connectivity index (χ2n) is 4.04. The maximum Gasteiger partial charge on any atom is 0.242 e. The minimum Gasteiger partial charge on any atom is -0.269 e. The van der Waals surface area contributed by atoms with Gasteiger partial charge in [0.1, 0.15) is 4.90 Å². The predicted molar refractivity (Wildman–Crippen MR) is 78.4 cm³/mol. The summed E-state index contributed by atoms with van der Waals surface area (Å²) in [5.41, 5.74) is 0.772. The van der Waals surface area contributed by atoms with Gasteiger partial charge >= 0.3 is 0 Å². The molecule has 0 radical (unpaired) electrons. The molecular formula is C12H13Cl2N3O2S. The van der Waals surface area contributed by atoms with Crippen molar-refractivity contribution in [3.8, 4) is 0 Å². The average Bonchev–Trinajstić information content (AvgIpc) is 2.86. The summed E-state index contributed by atoms with van der Waals surface area (Å²) < 4.78 is 28.6. The smallest absolute Gasteiger partial charge is 0.242 e. The predicted octanol–water partition coefficient (Wildman–Crippen LogP) is 2.69. The topological polar surface area (TPSA) is 64.0 Å². The van der Waals surface area contributed by atoms with E-state index in [1.54, 1.807) is 16.9 Å². The van der Waals surface area contributed by atoms with Gasteiger partial charge in [0, 0.05) is 17.8 Å². The molecule has 0 aliphatic heterocycles. The molecule has 2 aromatic rings. The van der Waals surface area contributed by atoms with Gasteiger partial charge < -0.3 is 0 Å². The molecule has 0 saturated carbocycles. The number of rotatable bonds is 5. The number of hydrogen-bond donors (Lipinski definition) is 1. The lowest BCUT2D eigenvalue weighted by molar-refractivity contribution is 0.570. The van der Waals surface area contributed by atoms with Crippen LogP contribution in [0.15, 0.2) is 35.4 Å². The van der Waals surface area contributed by atoms with Crippen LogP contribution in [0.25, 0.3) is 0 Å². The molecule has 0 aliphatic rings. The Morgan fingerprint density at radius 2 is 2.05 bits per heavy atom. The van der Waals surface area contributed by atoms with Crippen LogP contribution in [0.5, 0.6) is 0 Å². The zero-order chi connectivity index (χ0) is 14.8. The molecule has 0 unspecified atom stereocenters. The molecule has 0 saturated heterocycles.